The van der Waals surface area contributed by atoms with Crippen LogP contribution in [0.3, 0.4) is 0 Å². The molecule has 0 bridgehead atoms. The first kappa shape index (κ1) is 16.6. The van der Waals surface area contributed by atoms with E-state index in [-0.39, 0.29) is 0 Å². The molecule has 4 aromatic rings. The van der Waals surface area contributed by atoms with Crippen LogP contribution in [0.1, 0.15) is 16.8 Å². The maximum atomic E-state index is 6.40. The van der Waals surface area contributed by atoms with Crippen LogP contribution in [0.5, 0.6) is 0 Å². The molecule has 0 fully saturated rings. The number of nitrogens with two attached hydrogens (primary N) is 1. The Morgan fingerprint density at radius 2 is 1.81 bits per heavy atom. The summed E-state index contributed by atoms with van der Waals surface area (Å²) in [5, 5.41) is 5.23. The summed E-state index contributed by atoms with van der Waals surface area (Å²) >= 11 is 1.59. The lowest BCUT2D eigenvalue weighted by Gasteiger charge is -2.09. The first-order valence-electron chi connectivity index (χ1n) is 8.38. The topological polar surface area (TPSA) is 69.1 Å². The van der Waals surface area contributed by atoms with Crippen molar-refractivity contribution in [2.45, 2.75) is 24.8 Å². The molecule has 0 aliphatic carbocycles. The Kier molecular flexibility index (Phi) is 4.34. The SMILES string of the molecule is Cc1cccc(CSc2nc3nc(C)c(-c4ccccc4)c(N)n3n2)c1. The molecule has 2 heterocycles. The number of hydrogen-bond donors (Lipinski definition) is 1. The van der Waals surface area contributed by atoms with Gasteiger partial charge in [-0.2, -0.15) is 9.50 Å². The van der Waals surface area contributed by atoms with Crippen molar-refractivity contribution in [3.63, 3.8) is 0 Å². The molecule has 2 N–H and O–H groups in total. The van der Waals surface area contributed by atoms with Crippen LogP contribution >= 0.6 is 11.8 Å². The summed E-state index contributed by atoms with van der Waals surface area (Å²) < 4.78 is 1.63. The molecule has 0 aliphatic heterocycles. The summed E-state index contributed by atoms with van der Waals surface area (Å²) in [5.41, 5.74) is 11.7. The Labute approximate surface area is 156 Å². The first-order chi connectivity index (χ1) is 12.6. The van der Waals surface area contributed by atoms with Gasteiger partial charge >= 0.3 is 0 Å². The summed E-state index contributed by atoms with van der Waals surface area (Å²) in [6.07, 6.45) is 0. The number of aryl methyl sites for hydroxylation is 2. The van der Waals surface area contributed by atoms with Gasteiger partial charge in [0.2, 0.25) is 5.16 Å². The molecule has 5 nitrogen and oxygen atoms in total. The lowest BCUT2D eigenvalue weighted by atomic mass is 10.1. The number of thioether (sulfide) groups is 1. The van der Waals surface area contributed by atoms with Gasteiger partial charge in [0.15, 0.2) is 0 Å². The van der Waals surface area contributed by atoms with Crippen molar-refractivity contribution >= 4 is 23.4 Å². The summed E-state index contributed by atoms with van der Waals surface area (Å²) in [4.78, 5) is 9.13. The Hall–Kier alpha value is -2.86. The first-order valence-corrected chi connectivity index (χ1v) is 9.37. The molecule has 2 aromatic heterocycles. The molecule has 0 atom stereocenters. The van der Waals surface area contributed by atoms with Gasteiger partial charge in [-0.05, 0) is 25.0 Å². The van der Waals surface area contributed by atoms with Crippen LogP contribution in [0.4, 0.5) is 5.82 Å². The summed E-state index contributed by atoms with van der Waals surface area (Å²) in [5.74, 6) is 1.91. The minimum absolute atomic E-state index is 0.534. The van der Waals surface area contributed by atoms with Crippen molar-refractivity contribution in [3.05, 3.63) is 71.4 Å². The fourth-order valence-corrected chi connectivity index (χ4v) is 3.75. The summed E-state index contributed by atoms with van der Waals surface area (Å²) in [6.45, 7) is 4.04. The lowest BCUT2D eigenvalue weighted by Crippen LogP contribution is -2.05. The van der Waals surface area contributed by atoms with Crippen molar-refractivity contribution in [2.24, 2.45) is 0 Å². The molecule has 0 radical (unpaired) electrons. The van der Waals surface area contributed by atoms with Crippen LogP contribution in [-0.4, -0.2) is 19.6 Å². The largest absolute Gasteiger partial charge is 0.383 e. The minimum Gasteiger partial charge on any atom is -0.383 e. The van der Waals surface area contributed by atoms with Gasteiger partial charge in [0.25, 0.3) is 5.78 Å². The van der Waals surface area contributed by atoms with E-state index in [0.29, 0.717) is 16.8 Å². The van der Waals surface area contributed by atoms with Gasteiger partial charge in [-0.15, -0.1) is 5.10 Å². The molecule has 0 saturated carbocycles. The van der Waals surface area contributed by atoms with Gasteiger partial charge in [-0.25, -0.2) is 4.98 Å². The average molecular weight is 361 g/mol. The van der Waals surface area contributed by atoms with E-state index in [1.807, 2.05) is 37.3 Å². The van der Waals surface area contributed by atoms with Crippen LogP contribution in [-0.2, 0) is 5.75 Å². The van der Waals surface area contributed by atoms with Crippen LogP contribution < -0.4 is 5.73 Å². The molecule has 6 heteroatoms. The van der Waals surface area contributed by atoms with Crippen molar-refractivity contribution in [2.75, 3.05) is 5.73 Å². The highest BCUT2D eigenvalue weighted by Gasteiger charge is 2.15. The smallest absolute Gasteiger partial charge is 0.255 e. The van der Waals surface area contributed by atoms with Gasteiger partial charge < -0.3 is 5.73 Å². The second-order valence-electron chi connectivity index (χ2n) is 6.21. The predicted octanol–water partition coefficient (Wildman–Crippen LogP) is 4.28. The second kappa shape index (κ2) is 6.80. The molecule has 0 amide bonds. The zero-order valence-corrected chi connectivity index (χ0v) is 15.5. The molecule has 2 aromatic carbocycles. The third-order valence-electron chi connectivity index (χ3n) is 4.20. The standard InChI is InChI=1S/C20H19N5S/c1-13-7-6-8-15(11-13)12-26-20-23-19-22-14(2)17(18(21)25(19)24-20)16-9-4-3-5-10-16/h3-11H,12,21H2,1-2H3. The highest BCUT2D eigenvalue weighted by atomic mass is 32.2. The van der Waals surface area contributed by atoms with E-state index in [2.05, 4.69) is 46.3 Å². The van der Waals surface area contributed by atoms with E-state index < -0.39 is 0 Å². The molecule has 0 unspecified atom stereocenters. The molecule has 4 rings (SSSR count). The van der Waals surface area contributed by atoms with E-state index in [0.717, 1.165) is 22.6 Å². The summed E-state index contributed by atoms with van der Waals surface area (Å²) in [7, 11) is 0. The number of anilines is 1. The molecule has 0 spiro atoms. The molecule has 130 valence electrons. The Bertz CT molecular complexity index is 1070. The molecular formula is C20H19N5S. The van der Waals surface area contributed by atoms with Crippen LogP contribution in [0.2, 0.25) is 0 Å². The van der Waals surface area contributed by atoms with E-state index >= 15 is 0 Å². The fraction of sp³-hybridized carbons (Fsp3) is 0.150. The number of rotatable bonds is 4. The van der Waals surface area contributed by atoms with E-state index in [9.17, 15) is 0 Å². The molecule has 0 aliphatic rings. The quantitative estimate of drug-likeness (QED) is 0.549. The van der Waals surface area contributed by atoms with E-state index in [4.69, 9.17) is 5.73 Å². The number of fused-ring (bicyclic) bond motifs is 1. The van der Waals surface area contributed by atoms with Crippen molar-refractivity contribution in [3.8, 4) is 11.1 Å². The van der Waals surface area contributed by atoms with Crippen LogP contribution in [0, 0.1) is 13.8 Å². The number of hydrogen-bond acceptors (Lipinski definition) is 5. The monoisotopic (exact) mass is 361 g/mol. The second-order valence-corrected chi connectivity index (χ2v) is 7.15. The number of nitrogens with zero attached hydrogens (tertiary/aromatic N) is 4. The van der Waals surface area contributed by atoms with Gasteiger partial charge in [-0.1, -0.05) is 71.9 Å². The summed E-state index contributed by atoms with van der Waals surface area (Å²) in [6, 6.07) is 18.5. The normalized spacial score (nSPS) is 11.2. The highest BCUT2D eigenvalue weighted by molar-refractivity contribution is 7.98. The third-order valence-corrected chi connectivity index (χ3v) is 5.11. The van der Waals surface area contributed by atoms with Crippen molar-refractivity contribution < 1.29 is 0 Å². The van der Waals surface area contributed by atoms with E-state index in [1.54, 1.807) is 16.3 Å². The van der Waals surface area contributed by atoms with Crippen LogP contribution in [0.25, 0.3) is 16.9 Å². The third kappa shape index (κ3) is 3.15. The number of nitrogen functional groups attached to an aromatic ring is 1. The maximum Gasteiger partial charge on any atom is 0.255 e. The Morgan fingerprint density at radius 1 is 1.00 bits per heavy atom. The molecule has 0 saturated heterocycles. The van der Waals surface area contributed by atoms with E-state index in [1.165, 1.54) is 11.1 Å². The Morgan fingerprint density at radius 3 is 2.58 bits per heavy atom. The predicted molar refractivity (Wildman–Crippen MR) is 106 cm³/mol. The van der Waals surface area contributed by atoms with Gasteiger partial charge in [0.05, 0.1) is 5.69 Å². The number of aromatic nitrogens is 4. The van der Waals surface area contributed by atoms with Crippen molar-refractivity contribution in [1.29, 1.82) is 0 Å². The zero-order chi connectivity index (χ0) is 18.1. The van der Waals surface area contributed by atoms with Gasteiger partial charge in [-0.3, -0.25) is 0 Å². The van der Waals surface area contributed by atoms with Crippen LogP contribution in [0.15, 0.2) is 59.8 Å². The minimum atomic E-state index is 0.534. The van der Waals surface area contributed by atoms with Crippen molar-refractivity contribution in [1.82, 2.24) is 19.6 Å². The lowest BCUT2D eigenvalue weighted by molar-refractivity contribution is 0.887. The zero-order valence-electron chi connectivity index (χ0n) is 14.7. The number of benzene rings is 2. The fourth-order valence-electron chi connectivity index (χ4n) is 2.99. The molecule has 26 heavy (non-hydrogen) atoms. The maximum absolute atomic E-state index is 6.40. The molecular weight excluding hydrogens is 342 g/mol. The Balaban J connectivity index is 1.68. The van der Waals surface area contributed by atoms with Gasteiger partial charge in [0, 0.05) is 11.3 Å². The highest BCUT2D eigenvalue weighted by Crippen LogP contribution is 2.29. The average Bonchev–Trinajstić information content (AvgIpc) is 3.04. The van der Waals surface area contributed by atoms with Gasteiger partial charge in [0.1, 0.15) is 5.82 Å².